The van der Waals surface area contributed by atoms with Crippen LogP contribution in [0, 0.1) is 5.82 Å². The Morgan fingerprint density at radius 2 is 1.96 bits per heavy atom. The van der Waals surface area contributed by atoms with E-state index in [-0.39, 0.29) is 25.4 Å². The van der Waals surface area contributed by atoms with Gasteiger partial charge in [0.15, 0.2) is 0 Å². The SMILES string of the molecule is O=CO.O[C@@H]1CN(Cc2ccc(-c3ccccc3F)o2)C[C@H]1F. The van der Waals surface area contributed by atoms with Crippen molar-refractivity contribution in [2.75, 3.05) is 13.1 Å². The lowest BCUT2D eigenvalue weighted by atomic mass is 10.1. The van der Waals surface area contributed by atoms with Crippen LogP contribution in [0.4, 0.5) is 8.78 Å². The molecule has 7 heteroatoms. The van der Waals surface area contributed by atoms with Crippen molar-refractivity contribution in [3.05, 3.63) is 48.0 Å². The fourth-order valence-electron chi connectivity index (χ4n) is 2.44. The maximum atomic E-state index is 13.6. The van der Waals surface area contributed by atoms with Crippen LogP contribution in [0.3, 0.4) is 0 Å². The standard InChI is InChI=1S/C15H15F2NO2.CH2O2/c16-12-4-2-1-3-11(12)15-6-5-10(20-15)7-18-8-13(17)14(19)9-18;2-1-3/h1-6,13-14,19H,7-9H2;1H,(H,2,3)/t13-,14-;/m1./s1. The van der Waals surface area contributed by atoms with Crippen LogP contribution in [-0.2, 0) is 11.3 Å². The van der Waals surface area contributed by atoms with Crippen LogP contribution in [0.25, 0.3) is 11.3 Å². The molecule has 1 aromatic carbocycles. The van der Waals surface area contributed by atoms with Gasteiger partial charge >= 0.3 is 0 Å². The van der Waals surface area contributed by atoms with Crippen LogP contribution in [0.15, 0.2) is 40.8 Å². The van der Waals surface area contributed by atoms with Crippen molar-refractivity contribution >= 4 is 6.47 Å². The van der Waals surface area contributed by atoms with E-state index in [0.717, 1.165) is 0 Å². The van der Waals surface area contributed by atoms with Crippen LogP contribution in [0.2, 0.25) is 0 Å². The van der Waals surface area contributed by atoms with Gasteiger partial charge < -0.3 is 14.6 Å². The smallest absolute Gasteiger partial charge is 0.290 e. The van der Waals surface area contributed by atoms with Gasteiger partial charge in [0.25, 0.3) is 6.47 Å². The second kappa shape index (κ2) is 7.85. The third-order valence-corrected chi connectivity index (χ3v) is 3.48. The topological polar surface area (TPSA) is 73.9 Å². The summed E-state index contributed by atoms with van der Waals surface area (Å²) in [5, 5.41) is 16.3. The van der Waals surface area contributed by atoms with Crippen LogP contribution in [0.1, 0.15) is 5.76 Å². The zero-order valence-electron chi connectivity index (χ0n) is 12.2. The van der Waals surface area contributed by atoms with E-state index in [2.05, 4.69) is 0 Å². The van der Waals surface area contributed by atoms with E-state index < -0.39 is 12.3 Å². The lowest BCUT2D eigenvalue weighted by molar-refractivity contribution is -0.122. The number of β-amino-alcohol motifs (C(OH)–C–C–N with tert-alkyl or cyclic N) is 1. The first-order valence-electron chi connectivity index (χ1n) is 7.01. The van der Waals surface area contributed by atoms with Crippen molar-refractivity contribution in [1.82, 2.24) is 4.90 Å². The molecule has 0 spiro atoms. The largest absolute Gasteiger partial charge is 0.483 e. The molecule has 0 aliphatic carbocycles. The normalized spacial score (nSPS) is 20.8. The first-order chi connectivity index (χ1) is 11.0. The van der Waals surface area contributed by atoms with E-state index in [1.54, 1.807) is 35.2 Å². The maximum Gasteiger partial charge on any atom is 0.290 e. The van der Waals surface area contributed by atoms with Crippen LogP contribution in [0.5, 0.6) is 0 Å². The molecule has 2 aromatic rings. The highest BCUT2D eigenvalue weighted by atomic mass is 19.1. The molecule has 0 radical (unpaired) electrons. The summed E-state index contributed by atoms with van der Waals surface area (Å²) in [7, 11) is 0. The number of halogens is 2. The molecule has 1 aliphatic heterocycles. The van der Waals surface area contributed by atoms with Gasteiger partial charge in [-0.3, -0.25) is 9.69 Å². The van der Waals surface area contributed by atoms with Crippen molar-refractivity contribution < 1.29 is 28.2 Å². The summed E-state index contributed by atoms with van der Waals surface area (Å²) in [6.45, 7) is 0.639. The molecule has 2 N–H and O–H groups in total. The summed E-state index contributed by atoms with van der Waals surface area (Å²) in [6.07, 6.45) is -2.15. The molecule has 0 saturated carbocycles. The molecular weight excluding hydrogens is 308 g/mol. The van der Waals surface area contributed by atoms with Crippen molar-refractivity contribution in [3.8, 4) is 11.3 Å². The van der Waals surface area contributed by atoms with E-state index >= 15 is 0 Å². The average Bonchev–Trinajstić information content (AvgIpc) is 3.08. The number of hydrogen-bond donors (Lipinski definition) is 2. The molecule has 0 bridgehead atoms. The highest BCUT2D eigenvalue weighted by Gasteiger charge is 2.31. The quantitative estimate of drug-likeness (QED) is 0.847. The number of benzene rings is 1. The lowest BCUT2D eigenvalue weighted by Crippen LogP contribution is -2.21. The molecule has 0 amide bonds. The first-order valence-corrected chi connectivity index (χ1v) is 7.01. The molecule has 2 heterocycles. The molecule has 1 aliphatic rings. The van der Waals surface area contributed by atoms with Gasteiger partial charge in [0.1, 0.15) is 23.5 Å². The highest BCUT2D eigenvalue weighted by Crippen LogP contribution is 2.26. The Morgan fingerprint density at radius 3 is 2.57 bits per heavy atom. The molecular formula is C16H17F2NO4. The highest BCUT2D eigenvalue weighted by molar-refractivity contribution is 5.58. The number of carboxylic acid groups (broad SMARTS) is 1. The molecule has 1 saturated heterocycles. The fraction of sp³-hybridized carbons (Fsp3) is 0.312. The number of alkyl halides is 1. The average molecular weight is 325 g/mol. The first kappa shape index (κ1) is 17.1. The van der Waals surface area contributed by atoms with Crippen molar-refractivity contribution in [2.45, 2.75) is 18.8 Å². The molecule has 3 rings (SSSR count). The van der Waals surface area contributed by atoms with Gasteiger partial charge in [-0.15, -0.1) is 0 Å². The van der Waals surface area contributed by atoms with Crippen LogP contribution in [-0.4, -0.2) is 47.0 Å². The Labute approximate surface area is 131 Å². The van der Waals surface area contributed by atoms with Crippen molar-refractivity contribution in [1.29, 1.82) is 0 Å². The third kappa shape index (κ3) is 4.37. The number of aliphatic hydroxyl groups is 1. The number of aliphatic hydroxyl groups excluding tert-OH is 1. The molecule has 23 heavy (non-hydrogen) atoms. The molecule has 124 valence electrons. The Kier molecular flexibility index (Phi) is 5.84. The molecule has 2 atom stereocenters. The molecule has 1 fully saturated rings. The van der Waals surface area contributed by atoms with E-state index in [1.807, 2.05) is 0 Å². The number of rotatable bonds is 3. The second-order valence-corrected chi connectivity index (χ2v) is 5.13. The van der Waals surface area contributed by atoms with Gasteiger partial charge in [0.05, 0.1) is 18.2 Å². The summed E-state index contributed by atoms with van der Waals surface area (Å²) >= 11 is 0. The van der Waals surface area contributed by atoms with Crippen LogP contribution >= 0.6 is 0 Å². The van der Waals surface area contributed by atoms with E-state index in [4.69, 9.17) is 14.3 Å². The minimum Gasteiger partial charge on any atom is -0.483 e. The van der Waals surface area contributed by atoms with Crippen LogP contribution < -0.4 is 0 Å². The van der Waals surface area contributed by atoms with E-state index in [1.165, 1.54) is 6.07 Å². The fourth-order valence-corrected chi connectivity index (χ4v) is 2.44. The van der Waals surface area contributed by atoms with Gasteiger partial charge in [-0.25, -0.2) is 8.78 Å². The lowest BCUT2D eigenvalue weighted by Gasteiger charge is -2.11. The van der Waals surface area contributed by atoms with Gasteiger partial charge in [0.2, 0.25) is 0 Å². The summed E-state index contributed by atoms with van der Waals surface area (Å²) in [6, 6.07) is 9.84. The number of nitrogens with zero attached hydrogens (tertiary/aromatic N) is 1. The second-order valence-electron chi connectivity index (χ2n) is 5.13. The number of carbonyl (C=O) groups is 1. The Morgan fingerprint density at radius 1 is 1.26 bits per heavy atom. The van der Waals surface area contributed by atoms with Crippen molar-refractivity contribution in [3.63, 3.8) is 0 Å². The molecule has 1 aromatic heterocycles. The minimum absolute atomic E-state index is 0.191. The van der Waals surface area contributed by atoms with Gasteiger partial charge in [-0.05, 0) is 24.3 Å². The zero-order chi connectivity index (χ0) is 16.8. The predicted molar refractivity (Wildman–Crippen MR) is 79.0 cm³/mol. The summed E-state index contributed by atoms with van der Waals surface area (Å²) in [5.41, 5.74) is 0.406. The number of hydrogen-bond acceptors (Lipinski definition) is 4. The van der Waals surface area contributed by atoms with Gasteiger partial charge in [-0.2, -0.15) is 0 Å². The third-order valence-electron chi connectivity index (χ3n) is 3.48. The Balaban J connectivity index is 0.000000595. The minimum atomic E-state index is -1.21. The summed E-state index contributed by atoms with van der Waals surface area (Å²) in [5.74, 6) is 0.744. The zero-order valence-corrected chi connectivity index (χ0v) is 12.2. The summed E-state index contributed by atoms with van der Waals surface area (Å²) < 4.78 is 32.5. The van der Waals surface area contributed by atoms with E-state index in [9.17, 15) is 13.9 Å². The van der Waals surface area contributed by atoms with E-state index in [0.29, 0.717) is 23.6 Å². The maximum absolute atomic E-state index is 13.6. The number of likely N-dealkylation sites (tertiary alicyclic amines) is 1. The Bertz CT molecular complexity index is 637. The monoisotopic (exact) mass is 325 g/mol. The predicted octanol–water partition coefficient (Wildman–Crippen LogP) is 2.30. The van der Waals surface area contributed by atoms with Gasteiger partial charge in [0, 0.05) is 13.1 Å². The van der Waals surface area contributed by atoms with Crippen molar-refractivity contribution in [2.24, 2.45) is 0 Å². The molecule has 5 nitrogen and oxygen atoms in total. The summed E-state index contributed by atoms with van der Waals surface area (Å²) in [4.78, 5) is 10.1. The van der Waals surface area contributed by atoms with Gasteiger partial charge in [-0.1, -0.05) is 12.1 Å². The number of furan rings is 1. The molecule has 0 unspecified atom stereocenters. The Hall–Kier alpha value is -2.25.